The molecule has 1 aromatic heterocycles. The van der Waals surface area contributed by atoms with Crippen molar-refractivity contribution in [2.45, 2.75) is 30.9 Å². The number of rotatable bonds is 2. The molecule has 2 aliphatic heterocycles. The van der Waals surface area contributed by atoms with Crippen molar-refractivity contribution >= 4 is 5.91 Å². The maximum Gasteiger partial charge on any atom is 0.330 e. The average Bonchev–Trinajstić information content (AvgIpc) is 2.83. The van der Waals surface area contributed by atoms with Crippen LogP contribution in [0.25, 0.3) is 0 Å². The smallest absolute Gasteiger partial charge is 0.330 e. The number of hydrogen-bond donors (Lipinski definition) is 3. The molecule has 1 unspecified atom stereocenters. The zero-order valence-electron chi connectivity index (χ0n) is 11.4. The van der Waals surface area contributed by atoms with Gasteiger partial charge in [-0.25, -0.2) is 4.79 Å². The number of carbonyl (C=O) groups is 1. The zero-order valence-corrected chi connectivity index (χ0v) is 11.4. The second-order valence-corrected chi connectivity index (χ2v) is 5.39. The number of aliphatic hydroxyl groups is 2. The number of nitrogens with one attached hydrogen (secondary N) is 1. The predicted octanol–water partition coefficient (Wildman–Crippen LogP) is -2.69. The lowest BCUT2D eigenvalue weighted by Gasteiger charge is -2.34. The second-order valence-electron chi connectivity index (χ2n) is 5.39. The first-order valence-electron chi connectivity index (χ1n) is 6.39. The molecular formula is C12H15N3O6. The second kappa shape index (κ2) is 4.26. The molecule has 9 heteroatoms. The number of fused-ring (bicyclic) bond motifs is 2. The molecule has 0 saturated carbocycles. The van der Waals surface area contributed by atoms with Crippen molar-refractivity contribution in [2.24, 2.45) is 0 Å². The molecule has 0 radical (unpaired) electrons. The van der Waals surface area contributed by atoms with Crippen LogP contribution in [0.15, 0.2) is 15.8 Å². The summed E-state index contributed by atoms with van der Waals surface area (Å²) in [6.07, 6.45) is -0.926. The fourth-order valence-corrected chi connectivity index (χ4v) is 3.00. The van der Waals surface area contributed by atoms with E-state index in [0.717, 1.165) is 4.57 Å². The highest BCUT2D eigenvalue weighted by Crippen LogP contribution is 2.45. The van der Waals surface area contributed by atoms with Crippen molar-refractivity contribution in [1.29, 1.82) is 0 Å². The Labute approximate surface area is 118 Å². The summed E-state index contributed by atoms with van der Waals surface area (Å²) in [5.74, 6) is -0.534. The van der Waals surface area contributed by atoms with Crippen LogP contribution in [-0.2, 0) is 9.53 Å². The van der Waals surface area contributed by atoms with Crippen molar-refractivity contribution in [3.63, 3.8) is 0 Å². The number of nitrogens with zero attached hydrogens (tertiary/aromatic N) is 2. The van der Waals surface area contributed by atoms with Crippen molar-refractivity contribution in [3.8, 4) is 0 Å². The third kappa shape index (κ3) is 1.59. The topological polar surface area (TPSA) is 125 Å². The van der Waals surface area contributed by atoms with Gasteiger partial charge in [0.15, 0.2) is 11.8 Å². The van der Waals surface area contributed by atoms with E-state index in [1.807, 2.05) is 0 Å². The van der Waals surface area contributed by atoms with Gasteiger partial charge in [-0.2, -0.15) is 0 Å². The summed E-state index contributed by atoms with van der Waals surface area (Å²) in [5.41, 5.74) is -2.68. The number of H-pyrrole nitrogens is 1. The number of morpholine rings is 1. The number of carbonyl (C=O) groups excluding carboxylic acids is 1. The van der Waals surface area contributed by atoms with Gasteiger partial charge in [0.1, 0.15) is 12.1 Å². The van der Waals surface area contributed by atoms with Crippen molar-refractivity contribution in [1.82, 2.24) is 14.5 Å². The molecule has 0 aliphatic carbocycles. The molecule has 114 valence electrons. The van der Waals surface area contributed by atoms with E-state index in [9.17, 15) is 24.6 Å². The molecule has 0 spiro atoms. The Morgan fingerprint density at radius 2 is 2.10 bits per heavy atom. The van der Waals surface area contributed by atoms with Crippen LogP contribution in [0.5, 0.6) is 0 Å². The number of aryl methyl sites for hydroxylation is 1. The van der Waals surface area contributed by atoms with Gasteiger partial charge in [-0.15, -0.1) is 0 Å². The quantitative estimate of drug-likeness (QED) is 0.546. The Balaban J connectivity index is 2.12. The van der Waals surface area contributed by atoms with Crippen LogP contribution >= 0.6 is 0 Å². The maximum absolute atomic E-state index is 12.0. The predicted molar refractivity (Wildman–Crippen MR) is 68.6 cm³/mol. The van der Waals surface area contributed by atoms with Crippen LogP contribution in [0, 0.1) is 6.92 Å². The first-order chi connectivity index (χ1) is 9.83. The lowest BCUT2D eigenvalue weighted by atomic mass is 10.00. The van der Waals surface area contributed by atoms with Gasteiger partial charge in [0.05, 0.1) is 6.61 Å². The van der Waals surface area contributed by atoms with Crippen LogP contribution in [0.2, 0.25) is 0 Å². The maximum atomic E-state index is 12.0. The van der Waals surface area contributed by atoms with Gasteiger partial charge in [-0.1, -0.05) is 0 Å². The fraction of sp³-hybridized carbons (Fsp3) is 0.583. The number of likely N-dealkylation sites (N-methyl/N-ethyl adjacent to an activating group) is 1. The van der Waals surface area contributed by atoms with E-state index in [4.69, 9.17) is 4.74 Å². The van der Waals surface area contributed by atoms with Crippen molar-refractivity contribution in [3.05, 3.63) is 32.6 Å². The largest absolute Gasteiger partial charge is 0.393 e. The van der Waals surface area contributed by atoms with E-state index >= 15 is 0 Å². The molecule has 2 fully saturated rings. The molecule has 3 heterocycles. The number of likely N-dealkylation sites (tertiary alicyclic amines) is 1. The van der Waals surface area contributed by atoms with E-state index in [1.165, 1.54) is 25.1 Å². The third-order valence-electron chi connectivity index (χ3n) is 4.21. The highest BCUT2D eigenvalue weighted by Gasteiger charge is 2.68. The van der Waals surface area contributed by atoms with Crippen molar-refractivity contribution < 1.29 is 19.7 Å². The third-order valence-corrected chi connectivity index (χ3v) is 4.21. The summed E-state index contributed by atoms with van der Waals surface area (Å²) in [4.78, 5) is 38.8. The van der Waals surface area contributed by atoms with Crippen molar-refractivity contribution in [2.75, 3.05) is 13.7 Å². The molecular weight excluding hydrogens is 282 g/mol. The van der Waals surface area contributed by atoms with Gasteiger partial charge >= 0.3 is 5.69 Å². The number of hydrogen-bond acceptors (Lipinski definition) is 6. The van der Waals surface area contributed by atoms with Crippen LogP contribution in [0.3, 0.4) is 0 Å². The van der Waals surface area contributed by atoms with E-state index in [2.05, 4.69) is 4.98 Å². The molecule has 3 N–H and O–H groups in total. The van der Waals surface area contributed by atoms with Gasteiger partial charge in [-0.05, 0) is 6.92 Å². The number of ether oxygens (including phenoxy) is 1. The Morgan fingerprint density at radius 1 is 1.43 bits per heavy atom. The van der Waals surface area contributed by atoms with Gasteiger partial charge < -0.3 is 19.8 Å². The fourth-order valence-electron chi connectivity index (χ4n) is 3.00. The summed E-state index contributed by atoms with van der Waals surface area (Å²) in [6, 6.07) is -0.812. The molecule has 2 bridgehead atoms. The summed E-state index contributed by atoms with van der Waals surface area (Å²) in [6.45, 7) is 0.830. The minimum Gasteiger partial charge on any atom is -0.393 e. The Bertz CT molecular complexity index is 724. The molecule has 0 aromatic carbocycles. The van der Waals surface area contributed by atoms with Gasteiger partial charge in [0, 0.05) is 18.8 Å². The van der Waals surface area contributed by atoms with E-state index < -0.39 is 47.7 Å². The Morgan fingerprint density at radius 3 is 2.67 bits per heavy atom. The van der Waals surface area contributed by atoms with Gasteiger partial charge in [0.25, 0.3) is 11.5 Å². The lowest BCUT2D eigenvalue weighted by Crippen LogP contribution is -2.52. The number of aromatic amines is 1. The van der Waals surface area contributed by atoms with Gasteiger partial charge in [-0.3, -0.25) is 19.1 Å². The summed E-state index contributed by atoms with van der Waals surface area (Å²) >= 11 is 0. The molecule has 1 aromatic rings. The Kier molecular flexibility index (Phi) is 2.84. The minimum atomic E-state index is -1.76. The lowest BCUT2D eigenvalue weighted by molar-refractivity contribution is -0.182. The molecule has 21 heavy (non-hydrogen) atoms. The summed E-state index contributed by atoms with van der Waals surface area (Å²) in [7, 11) is 1.47. The van der Waals surface area contributed by atoms with Crippen LogP contribution in [0.4, 0.5) is 0 Å². The standard InChI is InChI=1S/C12H15N3O6/c1-5-3-15(11(20)13-8(5)18)9-6-7(17)12(4-16,21-9)10(19)14(6)2/h3,6-7,9,16-17H,4H2,1-2H3,(H,13,18,20)/t6-,7?,9+,12-/m0/s1. The van der Waals surface area contributed by atoms with Crippen LogP contribution < -0.4 is 11.2 Å². The summed E-state index contributed by atoms with van der Waals surface area (Å²) in [5, 5.41) is 19.7. The Hall–Kier alpha value is -1.97. The minimum absolute atomic E-state index is 0.294. The monoisotopic (exact) mass is 297 g/mol. The van der Waals surface area contributed by atoms with E-state index in [-0.39, 0.29) is 0 Å². The van der Waals surface area contributed by atoms with E-state index in [1.54, 1.807) is 0 Å². The van der Waals surface area contributed by atoms with E-state index in [0.29, 0.717) is 5.56 Å². The first kappa shape index (κ1) is 14.0. The molecule has 4 atom stereocenters. The van der Waals surface area contributed by atoms with Crippen LogP contribution in [0.1, 0.15) is 11.8 Å². The van der Waals surface area contributed by atoms with Gasteiger partial charge in [0.2, 0.25) is 0 Å². The SMILES string of the molecule is Cc1cn([C@@H]2O[C@]3(CO)C(=O)N(C)[C@H]2C3O)c(=O)[nH]c1=O. The molecule has 2 saturated heterocycles. The number of aromatic nitrogens is 2. The average molecular weight is 297 g/mol. The molecule has 3 rings (SSSR count). The molecule has 9 nitrogen and oxygen atoms in total. The highest BCUT2D eigenvalue weighted by molar-refractivity contribution is 5.90. The normalized spacial score (nSPS) is 34.8. The zero-order chi connectivity index (χ0) is 15.5. The van der Waals surface area contributed by atoms with Crippen LogP contribution in [-0.4, -0.2) is 62.0 Å². The molecule has 2 aliphatic rings. The summed E-state index contributed by atoms with van der Waals surface area (Å²) < 4.78 is 6.62. The number of aliphatic hydroxyl groups excluding tert-OH is 2. The molecule has 1 amide bonds. The number of amides is 1. The highest BCUT2D eigenvalue weighted by atomic mass is 16.6. The first-order valence-corrected chi connectivity index (χ1v) is 6.39.